The number of non-ortho nitro benzene ring substituents is 1. The largest absolute Gasteiger partial charge is 0.508 e. The van der Waals surface area contributed by atoms with E-state index in [0.29, 0.717) is 22.4 Å². The van der Waals surface area contributed by atoms with Crippen molar-refractivity contribution >= 4 is 30.3 Å². The van der Waals surface area contributed by atoms with Gasteiger partial charge >= 0.3 is 7.12 Å². The molecule has 3 aromatic rings. The number of phenols is 1. The van der Waals surface area contributed by atoms with E-state index in [1.165, 1.54) is 30.3 Å². The highest BCUT2D eigenvalue weighted by atomic mass is 16.6. The van der Waals surface area contributed by atoms with E-state index in [0.717, 1.165) is 4.90 Å². The highest BCUT2D eigenvalue weighted by molar-refractivity contribution is 6.53. The summed E-state index contributed by atoms with van der Waals surface area (Å²) in [5, 5.41) is 33.1. The predicted molar refractivity (Wildman–Crippen MR) is 144 cm³/mol. The highest BCUT2D eigenvalue weighted by Gasteiger charge is 2.58. The van der Waals surface area contributed by atoms with Crippen LogP contribution in [-0.4, -0.2) is 40.6 Å². The van der Waals surface area contributed by atoms with E-state index in [4.69, 9.17) is 9.39 Å². The van der Waals surface area contributed by atoms with Gasteiger partial charge in [-0.25, -0.2) is 4.90 Å². The van der Waals surface area contributed by atoms with Gasteiger partial charge in [-0.05, 0) is 54.1 Å². The number of hydrogen-bond donors (Lipinski definition) is 2. The Morgan fingerprint density at radius 1 is 1.00 bits per heavy atom. The number of rotatable bonds is 6. The smallest absolute Gasteiger partial charge is 0.487 e. The zero-order valence-corrected chi connectivity index (χ0v) is 21.3. The molecule has 2 aliphatic heterocycles. The van der Waals surface area contributed by atoms with E-state index < -0.39 is 47.7 Å². The van der Waals surface area contributed by atoms with E-state index in [1.807, 2.05) is 18.2 Å². The quantitative estimate of drug-likeness (QED) is 0.207. The summed E-state index contributed by atoms with van der Waals surface area (Å²) in [4.78, 5) is 39.5. The molecule has 2 saturated heterocycles. The van der Waals surface area contributed by atoms with Crippen molar-refractivity contribution in [2.24, 2.45) is 17.8 Å². The summed E-state index contributed by atoms with van der Waals surface area (Å²) in [5.74, 6) is -2.46. The summed E-state index contributed by atoms with van der Waals surface area (Å²) in [6.45, 7) is 0.0824. The molecule has 2 amide bonds. The molecule has 0 bridgehead atoms. The van der Waals surface area contributed by atoms with Crippen LogP contribution in [0.1, 0.15) is 24.5 Å². The zero-order valence-electron chi connectivity index (χ0n) is 21.3. The van der Waals surface area contributed by atoms with Crippen molar-refractivity contribution in [1.82, 2.24) is 0 Å². The van der Waals surface area contributed by atoms with Crippen molar-refractivity contribution < 1.29 is 34.0 Å². The average molecular weight is 540 g/mol. The third-order valence-electron chi connectivity index (χ3n) is 7.95. The molecule has 2 heterocycles. The molecular formula is C29H25BN2O8. The summed E-state index contributed by atoms with van der Waals surface area (Å²) in [5.41, 5.74) is 1.54. The first-order chi connectivity index (χ1) is 19.3. The van der Waals surface area contributed by atoms with Crippen molar-refractivity contribution in [3.63, 3.8) is 0 Å². The molecule has 40 heavy (non-hydrogen) atoms. The molecule has 3 aromatic carbocycles. The van der Waals surface area contributed by atoms with Gasteiger partial charge in [-0.1, -0.05) is 42.5 Å². The highest BCUT2D eigenvalue weighted by Crippen LogP contribution is 2.52. The number of anilines is 1. The van der Waals surface area contributed by atoms with Crippen molar-refractivity contribution in [3.8, 4) is 11.5 Å². The van der Waals surface area contributed by atoms with Crippen molar-refractivity contribution in [1.29, 1.82) is 0 Å². The second-order valence-corrected chi connectivity index (χ2v) is 10.2. The maximum atomic E-state index is 13.9. The van der Waals surface area contributed by atoms with E-state index in [1.54, 1.807) is 30.3 Å². The molecule has 10 nitrogen and oxygen atoms in total. The molecule has 0 spiro atoms. The topological polar surface area (TPSA) is 139 Å². The van der Waals surface area contributed by atoms with Gasteiger partial charge < -0.3 is 19.5 Å². The zero-order chi connectivity index (χ0) is 28.0. The van der Waals surface area contributed by atoms with Gasteiger partial charge in [0.2, 0.25) is 11.8 Å². The normalized spacial score (nSPS) is 24.1. The summed E-state index contributed by atoms with van der Waals surface area (Å²) in [6.07, 6.45) is -0.322. The van der Waals surface area contributed by atoms with Gasteiger partial charge in [0.15, 0.2) is 0 Å². The number of phenolic OH excluding ortho intramolecular Hbond substituents is 1. The van der Waals surface area contributed by atoms with Gasteiger partial charge in [0.05, 0.1) is 28.6 Å². The fraction of sp³-hybridized carbons (Fsp3) is 0.241. The molecular weight excluding hydrogens is 515 g/mol. The number of hydrogen-bond acceptors (Lipinski definition) is 8. The van der Waals surface area contributed by atoms with Gasteiger partial charge in [-0.2, -0.15) is 0 Å². The number of carbonyl (C=O) groups excluding carboxylic acids is 2. The lowest BCUT2D eigenvalue weighted by atomic mass is 9.55. The first kappa shape index (κ1) is 25.8. The molecule has 0 saturated carbocycles. The third-order valence-corrected chi connectivity index (χ3v) is 7.95. The number of para-hydroxylation sites is 2. The van der Waals surface area contributed by atoms with Gasteiger partial charge in [0.1, 0.15) is 18.1 Å². The minimum Gasteiger partial charge on any atom is -0.508 e. The number of carbonyl (C=O) groups is 2. The Bertz CT molecular complexity index is 1530. The Labute approximate surface area is 229 Å². The van der Waals surface area contributed by atoms with Crippen molar-refractivity contribution in [2.45, 2.75) is 18.9 Å². The Morgan fingerprint density at radius 2 is 1.75 bits per heavy atom. The average Bonchev–Trinajstić information content (AvgIpc) is 3.21. The summed E-state index contributed by atoms with van der Waals surface area (Å²) < 4.78 is 12.0. The number of nitro benzene ring substituents is 1. The minimum absolute atomic E-state index is 0.000769. The maximum absolute atomic E-state index is 13.9. The lowest BCUT2D eigenvalue weighted by Gasteiger charge is -2.42. The summed E-state index contributed by atoms with van der Waals surface area (Å²) in [6, 6.07) is 21.2. The number of aromatic hydroxyl groups is 1. The number of nitrogens with zero attached hydrogens (tertiary/aromatic N) is 2. The number of nitro groups is 1. The molecule has 2 fully saturated rings. The fourth-order valence-electron chi connectivity index (χ4n) is 6.19. The first-order valence-corrected chi connectivity index (χ1v) is 13.0. The number of imide groups is 1. The SMILES string of the molecule is O=C1[C@H]2[C@H](CC(COc3ccccc3)=C3B(O)O[C@H](c4ccccc4O)C[C@H]32)C(=O)N1c1cccc([N+](=O)[O-])c1. The van der Waals surface area contributed by atoms with E-state index in [9.17, 15) is 29.8 Å². The standard InChI is InChI=1S/C29H25BN2O8/c33-24-12-5-4-11-21(24)25-15-22-26-23(28(34)31(29(26)35)18-7-6-8-19(14-18)32(37)38)13-17(27(22)30(36)40-25)16-39-20-9-2-1-3-10-20/h1-12,14,22-23,25-26,33,36H,13,15-16H2/t22-,23-,25-,26+/m0/s1. The Balaban J connectivity index is 1.39. The van der Waals surface area contributed by atoms with Crippen molar-refractivity contribution in [2.75, 3.05) is 11.5 Å². The molecule has 6 rings (SSSR count). The van der Waals surface area contributed by atoms with Crippen LogP contribution in [-0.2, 0) is 14.2 Å². The van der Waals surface area contributed by atoms with Gasteiger partial charge in [0, 0.05) is 17.7 Å². The van der Waals surface area contributed by atoms with Crippen molar-refractivity contribution in [3.05, 3.63) is 106 Å². The van der Waals surface area contributed by atoms with Crippen LogP contribution in [0.25, 0.3) is 0 Å². The number of ether oxygens (including phenoxy) is 1. The van der Waals surface area contributed by atoms with Crippen LogP contribution in [0, 0.1) is 27.9 Å². The molecule has 2 N–H and O–H groups in total. The summed E-state index contributed by atoms with van der Waals surface area (Å²) in [7, 11) is -1.38. The second-order valence-electron chi connectivity index (χ2n) is 10.2. The van der Waals surface area contributed by atoms with Gasteiger partial charge in [-0.15, -0.1) is 0 Å². The molecule has 0 radical (unpaired) electrons. The minimum atomic E-state index is -1.38. The Hall–Kier alpha value is -4.48. The van der Waals surface area contributed by atoms with E-state index in [2.05, 4.69) is 0 Å². The van der Waals surface area contributed by atoms with E-state index >= 15 is 0 Å². The van der Waals surface area contributed by atoms with Crippen LogP contribution in [0.15, 0.2) is 89.9 Å². The number of allylic oxidation sites excluding steroid dienone is 1. The molecule has 0 aromatic heterocycles. The van der Waals surface area contributed by atoms with Crippen LogP contribution in [0.3, 0.4) is 0 Å². The number of amides is 2. The van der Waals surface area contributed by atoms with Crippen LogP contribution in [0.5, 0.6) is 11.5 Å². The first-order valence-electron chi connectivity index (χ1n) is 13.0. The van der Waals surface area contributed by atoms with E-state index in [-0.39, 0.29) is 36.6 Å². The molecule has 4 atom stereocenters. The molecule has 11 heteroatoms. The second kappa shape index (κ2) is 10.3. The third kappa shape index (κ3) is 4.42. The molecule has 202 valence electrons. The molecule has 3 aliphatic rings. The van der Waals surface area contributed by atoms with Crippen LogP contribution in [0.4, 0.5) is 11.4 Å². The Kier molecular flexibility index (Phi) is 6.61. The molecule has 1 aliphatic carbocycles. The lowest BCUT2D eigenvalue weighted by Crippen LogP contribution is -2.45. The van der Waals surface area contributed by atoms with Gasteiger partial charge in [0.25, 0.3) is 5.69 Å². The monoisotopic (exact) mass is 540 g/mol. The predicted octanol–water partition coefficient (Wildman–Crippen LogP) is 3.98. The van der Waals surface area contributed by atoms with Gasteiger partial charge in [-0.3, -0.25) is 19.7 Å². The van der Waals surface area contributed by atoms with Crippen LogP contribution in [0.2, 0.25) is 0 Å². The maximum Gasteiger partial charge on any atom is 0.487 e. The lowest BCUT2D eigenvalue weighted by molar-refractivity contribution is -0.384. The van der Waals surface area contributed by atoms with Crippen LogP contribution < -0.4 is 9.64 Å². The number of fused-ring (bicyclic) bond motifs is 3. The Morgan fingerprint density at radius 3 is 2.50 bits per heavy atom. The summed E-state index contributed by atoms with van der Waals surface area (Å²) >= 11 is 0. The molecule has 0 unspecified atom stereocenters. The van der Waals surface area contributed by atoms with Crippen LogP contribution >= 0.6 is 0 Å². The fourth-order valence-corrected chi connectivity index (χ4v) is 6.19. The number of benzene rings is 3.